The van der Waals surface area contributed by atoms with E-state index in [0.29, 0.717) is 17.9 Å². The zero-order valence-corrected chi connectivity index (χ0v) is 15.9. The standard InChI is InChI=1S/C21H23F2N3O2/c1-14(2)28-20(27)17-6-4-15(5-7-17)16-8-10-26(11-9-16)19(25-24-3)12-18-13-21(18,22)23/h4-10,14,18H,3,11-13H2,1-2H3/b25-19-. The molecular weight excluding hydrogens is 364 g/mol. The van der Waals surface area contributed by atoms with Crippen LogP contribution in [0, 0.1) is 5.92 Å². The Morgan fingerprint density at radius 2 is 2.04 bits per heavy atom. The van der Waals surface area contributed by atoms with Gasteiger partial charge in [0.25, 0.3) is 5.92 Å². The number of halogens is 2. The van der Waals surface area contributed by atoms with Crippen LogP contribution in [0.4, 0.5) is 8.78 Å². The highest BCUT2D eigenvalue weighted by Crippen LogP contribution is 2.51. The van der Waals surface area contributed by atoms with Crippen molar-refractivity contribution >= 4 is 24.1 Å². The summed E-state index contributed by atoms with van der Waals surface area (Å²) >= 11 is 0. The van der Waals surface area contributed by atoms with Crippen LogP contribution in [0.2, 0.25) is 0 Å². The highest BCUT2D eigenvalue weighted by molar-refractivity contribution is 5.90. The molecule has 1 fully saturated rings. The fourth-order valence-corrected chi connectivity index (χ4v) is 2.99. The van der Waals surface area contributed by atoms with Gasteiger partial charge in [-0.15, -0.1) is 5.10 Å². The summed E-state index contributed by atoms with van der Waals surface area (Å²) in [4.78, 5) is 13.7. The van der Waals surface area contributed by atoms with Gasteiger partial charge >= 0.3 is 5.97 Å². The van der Waals surface area contributed by atoms with E-state index in [1.165, 1.54) is 0 Å². The Morgan fingerprint density at radius 3 is 2.54 bits per heavy atom. The molecule has 5 nitrogen and oxygen atoms in total. The van der Waals surface area contributed by atoms with Crippen molar-refractivity contribution in [3.8, 4) is 0 Å². The molecule has 1 unspecified atom stereocenters. The zero-order chi connectivity index (χ0) is 20.3. The molecule has 7 heteroatoms. The lowest BCUT2D eigenvalue weighted by Gasteiger charge is -2.24. The number of nitrogens with zero attached hydrogens (tertiary/aromatic N) is 3. The minimum Gasteiger partial charge on any atom is -0.459 e. The molecule has 0 aromatic heterocycles. The highest BCUT2D eigenvalue weighted by atomic mass is 19.3. The Morgan fingerprint density at radius 1 is 1.36 bits per heavy atom. The summed E-state index contributed by atoms with van der Waals surface area (Å²) in [6, 6.07) is 7.16. The molecule has 148 valence electrons. The van der Waals surface area contributed by atoms with Gasteiger partial charge in [-0.1, -0.05) is 18.2 Å². The molecule has 1 aromatic rings. The van der Waals surface area contributed by atoms with E-state index in [9.17, 15) is 13.6 Å². The summed E-state index contributed by atoms with van der Waals surface area (Å²) in [7, 11) is 0. The van der Waals surface area contributed by atoms with Crippen LogP contribution in [-0.2, 0) is 4.74 Å². The van der Waals surface area contributed by atoms with Crippen molar-refractivity contribution in [3.05, 3.63) is 53.7 Å². The molecule has 1 aliphatic heterocycles. The van der Waals surface area contributed by atoms with Gasteiger partial charge in [0.2, 0.25) is 0 Å². The van der Waals surface area contributed by atoms with Gasteiger partial charge in [0.1, 0.15) is 5.84 Å². The van der Waals surface area contributed by atoms with Gasteiger partial charge in [-0.3, -0.25) is 0 Å². The quantitative estimate of drug-likeness (QED) is 0.312. The molecule has 1 heterocycles. The second-order valence-electron chi connectivity index (χ2n) is 7.18. The maximum atomic E-state index is 13.2. The van der Waals surface area contributed by atoms with E-state index < -0.39 is 11.8 Å². The molecule has 1 saturated carbocycles. The third-order valence-electron chi connectivity index (χ3n) is 4.64. The number of alkyl halides is 2. The molecule has 0 spiro atoms. The van der Waals surface area contributed by atoms with Crippen LogP contribution in [0.15, 0.2) is 52.8 Å². The van der Waals surface area contributed by atoms with E-state index in [-0.39, 0.29) is 24.9 Å². The number of amidine groups is 1. The molecule has 0 bridgehead atoms. The van der Waals surface area contributed by atoms with Crippen molar-refractivity contribution < 1.29 is 18.3 Å². The van der Waals surface area contributed by atoms with E-state index in [4.69, 9.17) is 4.74 Å². The zero-order valence-electron chi connectivity index (χ0n) is 15.9. The topological polar surface area (TPSA) is 54.3 Å². The van der Waals surface area contributed by atoms with Crippen molar-refractivity contribution in [3.63, 3.8) is 0 Å². The molecule has 0 saturated heterocycles. The third-order valence-corrected chi connectivity index (χ3v) is 4.64. The normalized spacial score (nSPS) is 20.8. The molecule has 0 amide bonds. The molecule has 1 aromatic carbocycles. The maximum absolute atomic E-state index is 13.2. The van der Waals surface area contributed by atoms with Crippen molar-refractivity contribution in [2.24, 2.45) is 16.1 Å². The molecule has 1 atom stereocenters. The molecule has 0 N–H and O–H groups in total. The minimum atomic E-state index is -2.60. The van der Waals surface area contributed by atoms with Crippen molar-refractivity contribution in [1.82, 2.24) is 4.90 Å². The van der Waals surface area contributed by atoms with Crippen LogP contribution in [0.3, 0.4) is 0 Å². The van der Waals surface area contributed by atoms with E-state index in [2.05, 4.69) is 16.9 Å². The van der Waals surface area contributed by atoms with Gasteiger partial charge in [0.05, 0.1) is 11.7 Å². The Hall–Kier alpha value is -2.83. The van der Waals surface area contributed by atoms with E-state index in [1.807, 2.05) is 24.3 Å². The lowest BCUT2D eigenvalue weighted by Crippen LogP contribution is -2.28. The lowest BCUT2D eigenvalue weighted by atomic mass is 10.0. The lowest BCUT2D eigenvalue weighted by molar-refractivity contribution is 0.0378. The molecule has 28 heavy (non-hydrogen) atoms. The summed E-state index contributed by atoms with van der Waals surface area (Å²) in [6.45, 7) is 7.44. The number of allylic oxidation sites excluding steroid dienone is 2. The van der Waals surface area contributed by atoms with Gasteiger partial charge in [-0.05, 0) is 43.2 Å². The number of carbonyl (C=O) groups is 1. The number of esters is 1. The molecule has 0 radical (unpaired) electrons. The van der Waals surface area contributed by atoms with Crippen LogP contribution in [0.1, 0.15) is 42.6 Å². The number of hydrogen-bond acceptors (Lipinski definition) is 4. The second kappa shape index (κ2) is 8.04. The number of carbonyl (C=O) groups excluding carboxylic acids is 1. The first kappa shape index (κ1) is 19.9. The van der Waals surface area contributed by atoms with Gasteiger partial charge < -0.3 is 9.64 Å². The summed E-state index contributed by atoms with van der Waals surface area (Å²) < 4.78 is 31.6. The molecular formula is C21H23F2N3O2. The maximum Gasteiger partial charge on any atom is 0.338 e. The summed E-state index contributed by atoms with van der Waals surface area (Å²) in [5.74, 6) is -3.14. The van der Waals surface area contributed by atoms with Crippen molar-refractivity contribution in [2.75, 3.05) is 6.54 Å². The average Bonchev–Trinajstić information content (AvgIpc) is 3.27. The smallest absolute Gasteiger partial charge is 0.338 e. The second-order valence-corrected chi connectivity index (χ2v) is 7.18. The van der Waals surface area contributed by atoms with E-state index >= 15 is 0 Å². The Balaban J connectivity index is 1.64. The van der Waals surface area contributed by atoms with Crippen LogP contribution in [0.5, 0.6) is 0 Å². The minimum absolute atomic E-state index is 0.104. The molecule has 1 aliphatic carbocycles. The van der Waals surface area contributed by atoms with Crippen LogP contribution >= 0.6 is 0 Å². The number of rotatable bonds is 6. The predicted molar refractivity (Wildman–Crippen MR) is 105 cm³/mol. The van der Waals surface area contributed by atoms with Crippen LogP contribution in [-0.4, -0.2) is 42.0 Å². The van der Waals surface area contributed by atoms with Crippen LogP contribution in [0.25, 0.3) is 5.57 Å². The SMILES string of the molecule is C=N/N=C(/CC1CC1(F)F)N1C=CC(c2ccc(C(=O)OC(C)C)cc2)=CC1. The van der Waals surface area contributed by atoms with E-state index in [0.717, 1.165) is 11.1 Å². The van der Waals surface area contributed by atoms with Gasteiger partial charge in [0, 0.05) is 38.2 Å². The average molecular weight is 387 g/mol. The predicted octanol–water partition coefficient (Wildman–Crippen LogP) is 4.52. The summed E-state index contributed by atoms with van der Waals surface area (Å²) in [5, 5.41) is 7.45. The number of hydrogen-bond donors (Lipinski definition) is 0. The fourth-order valence-electron chi connectivity index (χ4n) is 2.99. The first-order valence-electron chi connectivity index (χ1n) is 9.17. The Kier molecular flexibility index (Phi) is 5.72. The number of ether oxygens (including phenoxy) is 1. The van der Waals surface area contributed by atoms with Gasteiger partial charge in [-0.2, -0.15) is 5.10 Å². The Labute approximate surface area is 163 Å². The fraction of sp³-hybridized carbons (Fsp3) is 0.381. The van der Waals surface area contributed by atoms with Crippen molar-refractivity contribution in [2.45, 2.75) is 38.7 Å². The van der Waals surface area contributed by atoms with Gasteiger partial charge in [0.15, 0.2) is 0 Å². The number of benzene rings is 1. The van der Waals surface area contributed by atoms with E-state index in [1.54, 1.807) is 37.1 Å². The third kappa shape index (κ3) is 4.71. The molecule has 2 aliphatic rings. The summed E-state index contributed by atoms with van der Waals surface area (Å²) in [6.07, 6.45) is 5.57. The highest BCUT2D eigenvalue weighted by Gasteiger charge is 2.57. The monoisotopic (exact) mass is 387 g/mol. The molecule has 3 rings (SSSR count). The first-order valence-corrected chi connectivity index (χ1v) is 9.17. The Bertz CT molecular complexity index is 842. The van der Waals surface area contributed by atoms with Gasteiger partial charge in [-0.25, -0.2) is 13.6 Å². The first-order chi connectivity index (χ1) is 13.3. The van der Waals surface area contributed by atoms with Crippen LogP contribution < -0.4 is 0 Å². The van der Waals surface area contributed by atoms with Crippen molar-refractivity contribution in [1.29, 1.82) is 0 Å². The summed E-state index contributed by atoms with van der Waals surface area (Å²) in [5.41, 5.74) is 2.42. The largest absolute Gasteiger partial charge is 0.459 e.